The number of rotatable bonds is 7. The average Bonchev–Trinajstić information content (AvgIpc) is 2.78. The maximum Gasteiger partial charge on any atom is 0.320 e. The number of carbonyl (C=O) groups is 2. The van der Waals surface area contributed by atoms with E-state index in [0.29, 0.717) is 17.0 Å². The van der Waals surface area contributed by atoms with Gasteiger partial charge in [0, 0.05) is 23.4 Å². The molecule has 2 aromatic rings. The number of benzene rings is 2. The summed E-state index contributed by atoms with van der Waals surface area (Å²) in [5.74, 6) is -2.47. The summed E-state index contributed by atoms with van der Waals surface area (Å²) in [6.45, 7) is -0.00501. The fourth-order valence-corrected chi connectivity index (χ4v) is 3.73. The highest BCUT2D eigenvalue weighted by atomic mass is 127. The largest absolute Gasteiger partial charge is 0.468 e. The van der Waals surface area contributed by atoms with Crippen LogP contribution in [0.5, 0.6) is 0 Å². The highest BCUT2D eigenvalue weighted by Crippen LogP contribution is 2.35. The molecule has 2 atom stereocenters. The van der Waals surface area contributed by atoms with Crippen molar-refractivity contribution in [2.75, 3.05) is 27.9 Å². The normalized spacial score (nSPS) is 18.8. The Kier molecular flexibility index (Phi) is 7.74. The first kappa shape index (κ1) is 23.3. The van der Waals surface area contributed by atoms with Crippen molar-refractivity contribution < 1.29 is 28.2 Å². The van der Waals surface area contributed by atoms with Gasteiger partial charge in [0.25, 0.3) is 0 Å². The number of amidine groups is 1. The van der Waals surface area contributed by atoms with E-state index in [1.165, 1.54) is 50.5 Å². The summed E-state index contributed by atoms with van der Waals surface area (Å²) in [5.41, 5.74) is 1.22. The number of nitrogens with zero attached hydrogens (tertiary/aromatic N) is 2. The van der Waals surface area contributed by atoms with E-state index < -0.39 is 35.9 Å². The first-order valence-corrected chi connectivity index (χ1v) is 10.5. The van der Waals surface area contributed by atoms with E-state index in [2.05, 4.69) is 22.6 Å². The number of ether oxygens (including phenoxy) is 3. The van der Waals surface area contributed by atoms with E-state index in [4.69, 9.17) is 19.2 Å². The van der Waals surface area contributed by atoms with Crippen LogP contribution in [0.4, 0.5) is 4.39 Å². The molecule has 0 saturated heterocycles. The fourth-order valence-electron chi connectivity index (χ4n) is 3.37. The second-order valence-corrected chi connectivity index (χ2v) is 8.05. The van der Waals surface area contributed by atoms with Crippen molar-refractivity contribution in [3.8, 4) is 0 Å². The van der Waals surface area contributed by atoms with Gasteiger partial charge >= 0.3 is 5.97 Å². The molecule has 1 heterocycles. The molecule has 0 aromatic heterocycles. The maximum absolute atomic E-state index is 13.6. The van der Waals surface area contributed by atoms with Gasteiger partial charge in [-0.3, -0.25) is 19.5 Å². The highest BCUT2D eigenvalue weighted by Gasteiger charge is 2.45. The topological polar surface area (TPSA) is 77.4 Å². The van der Waals surface area contributed by atoms with E-state index in [0.717, 1.165) is 3.57 Å². The second-order valence-electron chi connectivity index (χ2n) is 6.81. The van der Waals surface area contributed by atoms with Crippen molar-refractivity contribution in [1.82, 2.24) is 4.90 Å². The standard InChI is InChI=1S/C22H22FIN2O5/c1-29-17(30-2)12-26-20(14-4-8-15(23)9-5-14)25-19(13-6-10-16(24)11-7-13)18(21(26)27)22(28)31-3/h4-11,17-19H,12H2,1-3H3. The average molecular weight is 540 g/mol. The van der Waals surface area contributed by atoms with E-state index in [-0.39, 0.29) is 6.54 Å². The maximum atomic E-state index is 13.6. The summed E-state index contributed by atoms with van der Waals surface area (Å²) in [6.07, 6.45) is -0.747. The van der Waals surface area contributed by atoms with Crippen LogP contribution in [0.1, 0.15) is 17.2 Å². The van der Waals surface area contributed by atoms with Gasteiger partial charge in [-0.05, 0) is 64.6 Å². The third-order valence-electron chi connectivity index (χ3n) is 4.99. The van der Waals surface area contributed by atoms with E-state index in [9.17, 15) is 14.0 Å². The molecule has 1 aliphatic heterocycles. The first-order valence-electron chi connectivity index (χ1n) is 9.43. The Labute approximate surface area is 193 Å². The highest BCUT2D eigenvalue weighted by molar-refractivity contribution is 14.1. The Morgan fingerprint density at radius 3 is 2.26 bits per heavy atom. The smallest absolute Gasteiger partial charge is 0.320 e. The second kappa shape index (κ2) is 10.3. The van der Waals surface area contributed by atoms with Gasteiger partial charge in [-0.25, -0.2) is 4.39 Å². The fraction of sp³-hybridized carbons (Fsp3) is 0.318. The Morgan fingerprint density at radius 1 is 1.10 bits per heavy atom. The van der Waals surface area contributed by atoms with Gasteiger partial charge < -0.3 is 14.2 Å². The van der Waals surface area contributed by atoms with Crippen LogP contribution in [0.3, 0.4) is 0 Å². The van der Waals surface area contributed by atoms with Gasteiger partial charge in [0.2, 0.25) is 5.91 Å². The third-order valence-corrected chi connectivity index (χ3v) is 5.71. The summed E-state index contributed by atoms with van der Waals surface area (Å²) >= 11 is 2.17. The van der Waals surface area contributed by atoms with Crippen LogP contribution in [0.25, 0.3) is 0 Å². The van der Waals surface area contributed by atoms with Gasteiger partial charge in [0.15, 0.2) is 12.2 Å². The molecule has 9 heteroatoms. The van der Waals surface area contributed by atoms with E-state index in [1.807, 2.05) is 24.3 Å². The molecular weight excluding hydrogens is 518 g/mol. The van der Waals surface area contributed by atoms with Crippen molar-refractivity contribution in [2.24, 2.45) is 10.9 Å². The van der Waals surface area contributed by atoms with Crippen LogP contribution in [0.15, 0.2) is 53.5 Å². The molecule has 1 amide bonds. The molecule has 0 radical (unpaired) electrons. The summed E-state index contributed by atoms with van der Waals surface area (Å²) in [5, 5.41) is 0. The molecule has 1 aliphatic rings. The lowest BCUT2D eigenvalue weighted by Crippen LogP contribution is -2.52. The van der Waals surface area contributed by atoms with Crippen LogP contribution in [-0.4, -0.2) is 56.8 Å². The van der Waals surface area contributed by atoms with Crippen LogP contribution in [0.2, 0.25) is 0 Å². The van der Waals surface area contributed by atoms with Gasteiger partial charge in [-0.2, -0.15) is 0 Å². The number of halogens is 2. The number of esters is 1. The van der Waals surface area contributed by atoms with Crippen molar-refractivity contribution in [3.05, 3.63) is 69.0 Å². The van der Waals surface area contributed by atoms with Crippen LogP contribution >= 0.6 is 22.6 Å². The van der Waals surface area contributed by atoms with Crippen LogP contribution in [-0.2, 0) is 23.8 Å². The summed E-state index contributed by atoms with van der Waals surface area (Å²) < 4.78 is 30.0. The van der Waals surface area contributed by atoms with Crippen molar-refractivity contribution in [1.29, 1.82) is 0 Å². The predicted octanol–water partition coefficient (Wildman–Crippen LogP) is 3.17. The minimum Gasteiger partial charge on any atom is -0.468 e. The Bertz CT molecular complexity index is 961. The number of methoxy groups -OCH3 is 3. The zero-order valence-corrected chi connectivity index (χ0v) is 19.4. The molecule has 3 rings (SSSR count). The number of hydrogen-bond acceptors (Lipinski definition) is 6. The monoisotopic (exact) mass is 540 g/mol. The molecule has 2 aromatic carbocycles. The molecule has 31 heavy (non-hydrogen) atoms. The number of aliphatic imine (C=N–C) groups is 1. The van der Waals surface area contributed by atoms with E-state index >= 15 is 0 Å². The quantitative estimate of drug-likeness (QED) is 0.234. The van der Waals surface area contributed by atoms with E-state index in [1.54, 1.807) is 0 Å². The van der Waals surface area contributed by atoms with Crippen molar-refractivity contribution in [2.45, 2.75) is 12.3 Å². The van der Waals surface area contributed by atoms with Crippen LogP contribution in [0, 0.1) is 15.3 Å². The predicted molar refractivity (Wildman–Crippen MR) is 120 cm³/mol. The molecule has 0 spiro atoms. The van der Waals surface area contributed by atoms with Crippen molar-refractivity contribution >= 4 is 40.3 Å². The molecule has 7 nitrogen and oxygen atoms in total. The van der Waals surface area contributed by atoms with Gasteiger partial charge in [-0.15, -0.1) is 0 Å². The van der Waals surface area contributed by atoms with Gasteiger partial charge in [0.05, 0.1) is 19.7 Å². The van der Waals surface area contributed by atoms with Gasteiger partial charge in [0.1, 0.15) is 11.7 Å². The number of hydrogen-bond donors (Lipinski definition) is 0. The van der Waals surface area contributed by atoms with Crippen molar-refractivity contribution in [3.63, 3.8) is 0 Å². The van der Waals surface area contributed by atoms with Gasteiger partial charge in [-0.1, -0.05) is 12.1 Å². The molecule has 0 saturated carbocycles. The lowest BCUT2D eigenvalue weighted by atomic mass is 9.89. The molecule has 0 aliphatic carbocycles. The lowest BCUT2D eigenvalue weighted by molar-refractivity contribution is -0.157. The Balaban J connectivity index is 2.16. The Morgan fingerprint density at radius 2 is 1.71 bits per heavy atom. The molecule has 0 fully saturated rings. The lowest BCUT2D eigenvalue weighted by Gasteiger charge is -2.36. The number of carbonyl (C=O) groups excluding carboxylic acids is 2. The molecule has 0 bridgehead atoms. The Hall–Kier alpha value is -2.37. The molecule has 164 valence electrons. The summed E-state index contributed by atoms with van der Waals surface area (Å²) in [4.78, 5) is 32.3. The number of amides is 1. The molecule has 0 N–H and O–H groups in total. The minimum absolute atomic E-state index is 0.00501. The SMILES string of the molecule is COC(=O)C1C(=O)N(CC(OC)OC)C(c2ccc(F)cc2)=NC1c1ccc(I)cc1. The molecular formula is C22H22FIN2O5. The minimum atomic E-state index is -1.18. The summed E-state index contributed by atoms with van der Waals surface area (Å²) in [6, 6.07) is 12.2. The third kappa shape index (κ3) is 5.10. The summed E-state index contributed by atoms with van der Waals surface area (Å²) in [7, 11) is 4.13. The first-order chi connectivity index (χ1) is 14.9. The van der Waals surface area contributed by atoms with Crippen LogP contribution < -0.4 is 0 Å². The molecule has 2 unspecified atom stereocenters. The zero-order valence-electron chi connectivity index (χ0n) is 17.2. The zero-order chi connectivity index (χ0) is 22.5.